The molecule has 0 N–H and O–H groups in total. The molecule has 1 aromatic heterocycles. The Hall–Kier alpha value is -0.120. The molecule has 76 valence electrons. The zero-order valence-corrected chi connectivity index (χ0v) is 11.0. The number of pyridine rings is 1. The van der Waals surface area contributed by atoms with Crippen LogP contribution in [0.25, 0.3) is 0 Å². The molecule has 0 aromatic carbocycles. The molecule has 1 heterocycles. The molecule has 1 aromatic rings. The normalized spacial score (nSPS) is 7.92. The molecule has 0 aliphatic rings. The minimum absolute atomic E-state index is 0. The summed E-state index contributed by atoms with van der Waals surface area (Å²) < 4.78 is 2.12. The van der Waals surface area contributed by atoms with Crippen molar-refractivity contribution in [2.24, 2.45) is 0 Å². The number of hydrogen-bond donors (Lipinski definition) is 0. The Kier molecular flexibility index (Phi) is 14.0. The van der Waals surface area contributed by atoms with Crippen LogP contribution in [0.15, 0.2) is 30.6 Å². The van der Waals surface area contributed by atoms with Gasteiger partial charge in [-0.2, -0.15) is 0 Å². The fourth-order valence-corrected chi connectivity index (χ4v) is 0.645. The van der Waals surface area contributed by atoms with Gasteiger partial charge < -0.3 is 24.0 Å². The van der Waals surface area contributed by atoms with Crippen molar-refractivity contribution in [1.82, 2.24) is 0 Å². The van der Waals surface area contributed by atoms with E-state index < -0.39 is 0 Å². The Morgan fingerprint density at radius 2 is 1.31 bits per heavy atom. The molecule has 0 radical (unpaired) electrons. The highest BCUT2D eigenvalue weighted by molar-refractivity contribution is 4.83. The molecule has 1 rings (SSSR count). The molecule has 0 aliphatic heterocycles. The Bertz CT molecular complexity index is 173. The van der Waals surface area contributed by atoms with Gasteiger partial charge in [-0.3, -0.25) is 0 Å². The van der Waals surface area contributed by atoms with Crippen molar-refractivity contribution in [3.63, 3.8) is 0 Å². The van der Waals surface area contributed by atoms with Crippen molar-refractivity contribution in [1.29, 1.82) is 0 Å². The molecule has 0 atom stereocenters. The van der Waals surface area contributed by atoms with Crippen LogP contribution in [-0.4, -0.2) is 0 Å². The summed E-state index contributed by atoms with van der Waals surface area (Å²) in [6.07, 6.45) is 6.75. The SMILES string of the molecule is CCCC.CC[n+]1ccccc1.[I-]. The standard InChI is InChI=1S/C7H10N.C4H10.HI/c1-2-8-6-4-3-5-7-8;1-3-4-2;/h3-7H,2H2,1H3;3-4H2,1-2H3;1H/q+1;;/p-1. The van der Waals surface area contributed by atoms with Crippen molar-refractivity contribution in [2.45, 2.75) is 40.2 Å². The molecular weight excluding hydrogens is 273 g/mol. The molecule has 0 spiro atoms. The fourth-order valence-electron chi connectivity index (χ4n) is 0.645. The van der Waals surface area contributed by atoms with Crippen LogP contribution in [-0.2, 0) is 6.54 Å². The van der Waals surface area contributed by atoms with E-state index in [0.29, 0.717) is 0 Å². The van der Waals surface area contributed by atoms with Crippen LogP contribution in [0.5, 0.6) is 0 Å². The molecule has 0 saturated heterocycles. The van der Waals surface area contributed by atoms with Crippen LogP contribution in [0.4, 0.5) is 0 Å². The summed E-state index contributed by atoms with van der Waals surface area (Å²) in [5.74, 6) is 0. The van der Waals surface area contributed by atoms with E-state index in [1.165, 1.54) is 12.8 Å². The third-order valence-corrected chi connectivity index (χ3v) is 1.64. The van der Waals surface area contributed by atoms with Crippen molar-refractivity contribution < 1.29 is 28.5 Å². The van der Waals surface area contributed by atoms with Gasteiger partial charge in [-0.1, -0.05) is 32.8 Å². The molecule has 0 aliphatic carbocycles. The smallest absolute Gasteiger partial charge is 0.168 e. The summed E-state index contributed by atoms with van der Waals surface area (Å²) in [7, 11) is 0. The van der Waals surface area contributed by atoms with E-state index in [0.717, 1.165) is 6.54 Å². The Morgan fingerprint density at radius 1 is 0.846 bits per heavy atom. The van der Waals surface area contributed by atoms with Crippen LogP contribution >= 0.6 is 0 Å². The zero-order valence-electron chi connectivity index (χ0n) is 8.83. The molecule has 0 saturated carbocycles. The molecule has 13 heavy (non-hydrogen) atoms. The first kappa shape index (κ1) is 15.4. The summed E-state index contributed by atoms with van der Waals surface area (Å²) in [5.41, 5.74) is 0. The maximum absolute atomic E-state index is 2.18. The maximum Gasteiger partial charge on any atom is 0.168 e. The minimum Gasteiger partial charge on any atom is -1.00 e. The summed E-state index contributed by atoms with van der Waals surface area (Å²) in [6, 6.07) is 6.08. The van der Waals surface area contributed by atoms with Gasteiger partial charge in [-0.15, -0.1) is 0 Å². The predicted molar refractivity (Wildman–Crippen MR) is 52.9 cm³/mol. The molecule has 0 bridgehead atoms. The van der Waals surface area contributed by atoms with Crippen LogP contribution in [0, 0.1) is 0 Å². The second-order valence-electron chi connectivity index (χ2n) is 2.71. The van der Waals surface area contributed by atoms with Crippen molar-refractivity contribution >= 4 is 0 Å². The lowest BCUT2D eigenvalue weighted by molar-refractivity contribution is -0.693. The van der Waals surface area contributed by atoms with Crippen LogP contribution in [0.1, 0.15) is 33.6 Å². The average Bonchev–Trinajstić information content (AvgIpc) is 2.19. The number of nitrogens with zero attached hydrogens (tertiary/aromatic N) is 1. The highest BCUT2D eigenvalue weighted by atomic mass is 127. The van der Waals surface area contributed by atoms with E-state index in [-0.39, 0.29) is 24.0 Å². The first-order chi connectivity index (χ1) is 5.85. The van der Waals surface area contributed by atoms with Gasteiger partial charge in [0.15, 0.2) is 12.4 Å². The van der Waals surface area contributed by atoms with Gasteiger partial charge in [0, 0.05) is 12.1 Å². The molecule has 1 nitrogen and oxygen atoms in total. The first-order valence-corrected chi connectivity index (χ1v) is 4.79. The minimum atomic E-state index is 0. The van der Waals surface area contributed by atoms with E-state index in [2.05, 4.69) is 37.7 Å². The van der Waals surface area contributed by atoms with Crippen LogP contribution in [0.3, 0.4) is 0 Å². The summed E-state index contributed by atoms with van der Waals surface area (Å²) >= 11 is 0. The van der Waals surface area contributed by atoms with Crippen molar-refractivity contribution in [2.75, 3.05) is 0 Å². The van der Waals surface area contributed by atoms with E-state index in [1.54, 1.807) is 0 Å². The van der Waals surface area contributed by atoms with Gasteiger partial charge in [-0.25, -0.2) is 4.57 Å². The Labute approximate surface area is 99.2 Å². The number of unbranched alkanes of at least 4 members (excludes halogenated alkanes) is 1. The van der Waals surface area contributed by atoms with Gasteiger partial charge in [0.2, 0.25) is 0 Å². The highest BCUT2D eigenvalue weighted by Gasteiger charge is 1.86. The fraction of sp³-hybridized carbons (Fsp3) is 0.545. The summed E-state index contributed by atoms with van der Waals surface area (Å²) in [6.45, 7) is 7.54. The van der Waals surface area contributed by atoms with E-state index >= 15 is 0 Å². The second-order valence-corrected chi connectivity index (χ2v) is 2.71. The number of rotatable bonds is 2. The summed E-state index contributed by atoms with van der Waals surface area (Å²) in [5, 5.41) is 0. The van der Waals surface area contributed by atoms with E-state index in [9.17, 15) is 0 Å². The molecule has 0 amide bonds. The Balaban J connectivity index is 0. The quantitative estimate of drug-likeness (QED) is 0.525. The highest BCUT2D eigenvalue weighted by Crippen LogP contribution is 1.76. The lowest BCUT2D eigenvalue weighted by Gasteiger charge is -1.84. The van der Waals surface area contributed by atoms with Gasteiger partial charge in [0.25, 0.3) is 0 Å². The Morgan fingerprint density at radius 3 is 1.54 bits per heavy atom. The molecule has 2 heteroatoms. The molecular formula is C11H20IN. The second kappa shape index (κ2) is 11.9. The molecule has 0 unspecified atom stereocenters. The van der Waals surface area contributed by atoms with E-state index in [4.69, 9.17) is 0 Å². The number of hydrogen-bond acceptors (Lipinski definition) is 0. The number of aromatic nitrogens is 1. The van der Waals surface area contributed by atoms with Gasteiger partial charge in [0.05, 0.1) is 0 Å². The first-order valence-electron chi connectivity index (χ1n) is 4.79. The monoisotopic (exact) mass is 293 g/mol. The average molecular weight is 293 g/mol. The topological polar surface area (TPSA) is 3.88 Å². The maximum atomic E-state index is 2.18. The zero-order chi connectivity index (χ0) is 9.23. The summed E-state index contributed by atoms with van der Waals surface area (Å²) in [4.78, 5) is 0. The number of halogens is 1. The molecule has 0 fully saturated rings. The predicted octanol–water partition coefficient (Wildman–Crippen LogP) is -0.196. The lowest BCUT2D eigenvalue weighted by atomic mass is 10.4. The van der Waals surface area contributed by atoms with Crippen molar-refractivity contribution in [3.05, 3.63) is 30.6 Å². The third kappa shape index (κ3) is 9.80. The van der Waals surface area contributed by atoms with E-state index in [1.807, 2.05) is 18.2 Å². The number of aryl methyl sites for hydroxylation is 1. The lowest BCUT2D eigenvalue weighted by Crippen LogP contribution is -3.00. The van der Waals surface area contributed by atoms with Gasteiger partial charge >= 0.3 is 0 Å². The largest absolute Gasteiger partial charge is 1.00 e. The van der Waals surface area contributed by atoms with Crippen LogP contribution < -0.4 is 28.5 Å². The van der Waals surface area contributed by atoms with Gasteiger partial charge in [-0.05, 0) is 6.92 Å². The van der Waals surface area contributed by atoms with Gasteiger partial charge in [0.1, 0.15) is 6.54 Å². The van der Waals surface area contributed by atoms with Crippen LogP contribution in [0.2, 0.25) is 0 Å². The van der Waals surface area contributed by atoms with Crippen molar-refractivity contribution in [3.8, 4) is 0 Å². The third-order valence-electron chi connectivity index (χ3n) is 1.64.